The largest absolute Gasteiger partial charge is 0.503 e. The maximum Gasteiger partial charge on any atom is 0.435 e. The van der Waals surface area contributed by atoms with Crippen molar-refractivity contribution in [1.82, 2.24) is 25.7 Å². The zero-order valence-electron chi connectivity index (χ0n) is 18.7. The molecule has 2 heterocycles. The number of carbonyl (C=O) groups excluding carboxylic acids is 1. The molecule has 3 aliphatic rings. The van der Waals surface area contributed by atoms with Crippen molar-refractivity contribution in [1.29, 1.82) is 0 Å². The SMILES string of the molecule is O=C(NC[C@]12CC[C@](c3noc(-c4ccc(C(F)(F)F)nn4)n3)(CC1)CC2)c1cc(F)c(O)c(F)c1. The average Bonchev–Trinajstić information content (AvgIpc) is 3.38. The molecule has 0 aliphatic heterocycles. The third-order valence-corrected chi connectivity index (χ3v) is 7.38. The maximum atomic E-state index is 13.6. The Morgan fingerprint density at radius 2 is 1.67 bits per heavy atom. The Kier molecular flexibility index (Phi) is 5.67. The van der Waals surface area contributed by atoms with Crippen molar-refractivity contribution >= 4 is 5.91 Å². The molecule has 0 spiro atoms. The van der Waals surface area contributed by atoms with Crippen LogP contribution in [-0.4, -0.2) is 37.9 Å². The van der Waals surface area contributed by atoms with Gasteiger partial charge in [0.1, 0.15) is 0 Å². The number of aromatic hydroxyl groups is 1. The standard InChI is InChI=1S/C23H20F5N5O3/c24-13-9-12(10-14(25)17(13)34)18(35)29-11-21-3-6-22(7-4-21,8-5-21)20-30-19(36-33-20)15-1-2-16(32-31-15)23(26,27)28/h1-2,9-10,34H,3-8,11H2,(H,29,35)/t21-,22+. The molecule has 2 aromatic heterocycles. The summed E-state index contributed by atoms with van der Waals surface area (Å²) >= 11 is 0. The van der Waals surface area contributed by atoms with E-state index < -0.39 is 35.2 Å². The number of hydrogen-bond acceptors (Lipinski definition) is 7. The molecule has 8 nitrogen and oxygen atoms in total. The van der Waals surface area contributed by atoms with Crippen molar-refractivity contribution in [3.05, 3.63) is 53.0 Å². The van der Waals surface area contributed by atoms with Crippen LogP contribution in [0.15, 0.2) is 28.8 Å². The van der Waals surface area contributed by atoms with Crippen LogP contribution in [0.25, 0.3) is 11.6 Å². The summed E-state index contributed by atoms with van der Waals surface area (Å²) in [6.45, 7) is 0.324. The molecule has 36 heavy (non-hydrogen) atoms. The number of phenols is 1. The zero-order chi connectivity index (χ0) is 25.7. The number of aromatic nitrogens is 4. The van der Waals surface area contributed by atoms with Gasteiger partial charge >= 0.3 is 6.18 Å². The van der Waals surface area contributed by atoms with E-state index in [9.17, 15) is 31.9 Å². The van der Waals surface area contributed by atoms with Crippen molar-refractivity contribution in [2.24, 2.45) is 5.41 Å². The molecule has 190 valence electrons. The number of nitrogens with zero attached hydrogens (tertiary/aromatic N) is 4. The Labute approximate surface area is 200 Å². The molecule has 3 fully saturated rings. The monoisotopic (exact) mass is 509 g/mol. The van der Waals surface area contributed by atoms with Crippen molar-refractivity contribution in [3.8, 4) is 17.3 Å². The number of alkyl halides is 3. The first-order valence-electron chi connectivity index (χ1n) is 11.2. The lowest BCUT2D eigenvalue weighted by atomic mass is 9.53. The molecule has 0 radical (unpaired) electrons. The van der Waals surface area contributed by atoms with Crippen LogP contribution in [0.1, 0.15) is 60.4 Å². The molecule has 0 saturated heterocycles. The van der Waals surface area contributed by atoms with Gasteiger partial charge in [0.15, 0.2) is 34.6 Å². The number of amides is 1. The summed E-state index contributed by atoms with van der Waals surface area (Å²) in [5, 5.41) is 22.8. The number of benzene rings is 1. The van der Waals surface area contributed by atoms with E-state index >= 15 is 0 Å². The van der Waals surface area contributed by atoms with Gasteiger partial charge in [-0.3, -0.25) is 4.79 Å². The number of phenolic OH excluding ortho intramolecular Hbond substituents is 1. The maximum absolute atomic E-state index is 13.6. The minimum absolute atomic E-state index is 0.0105. The smallest absolute Gasteiger partial charge is 0.435 e. The number of fused-ring (bicyclic) bond motifs is 3. The molecule has 1 amide bonds. The van der Waals surface area contributed by atoms with Crippen LogP contribution in [0.5, 0.6) is 5.75 Å². The lowest BCUT2D eigenvalue weighted by molar-refractivity contribution is -0.141. The molecular formula is C23H20F5N5O3. The van der Waals surface area contributed by atoms with Gasteiger partial charge in [-0.1, -0.05) is 5.16 Å². The molecule has 3 saturated carbocycles. The molecule has 6 rings (SSSR count). The van der Waals surface area contributed by atoms with Gasteiger partial charge in [0.25, 0.3) is 11.8 Å². The van der Waals surface area contributed by atoms with Crippen LogP contribution >= 0.6 is 0 Å². The molecule has 13 heteroatoms. The van der Waals surface area contributed by atoms with Crippen LogP contribution in [0, 0.1) is 17.0 Å². The van der Waals surface area contributed by atoms with Crippen LogP contribution in [-0.2, 0) is 11.6 Å². The van der Waals surface area contributed by atoms with Gasteiger partial charge < -0.3 is 14.9 Å². The van der Waals surface area contributed by atoms with Gasteiger partial charge in [-0.15, -0.1) is 10.2 Å². The van der Waals surface area contributed by atoms with Gasteiger partial charge in [-0.2, -0.15) is 18.2 Å². The highest BCUT2D eigenvalue weighted by Gasteiger charge is 2.51. The first-order chi connectivity index (χ1) is 17.0. The summed E-state index contributed by atoms with van der Waals surface area (Å²) in [5.74, 6) is -3.73. The minimum atomic E-state index is -4.60. The molecule has 1 aromatic carbocycles. The van der Waals surface area contributed by atoms with Gasteiger partial charge in [0.2, 0.25) is 0 Å². The van der Waals surface area contributed by atoms with Crippen molar-refractivity contribution in [2.45, 2.75) is 50.1 Å². The van der Waals surface area contributed by atoms with E-state index in [-0.39, 0.29) is 28.0 Å². The van der Waals surface area contributed by atoms with E-state index in [2.05, 4.69) is 25.7 Å². The summed E-state index contributed by atoms with van der Waals surface area (Å²) in [6, 6.07) is 3.50. The normalized spacial score (nSPS) is 23.6. The zero-order valence-corrected chi connectivity index (χ0v) is 18.7. The highest BCUT2D eigenvalue weighted by atomic mass is 19.4. The summed E-state index contributed by atoms with van der Waals surface area (Å²) in [6.07, 6.45) is -0.229. The number of nitrogens with one attached hydrogen (secondary N) is 1. The minimum Gasteiger partial charge on any atom is -0.503 e. The quantitative estimate of drug-likeness (QED) is 0.485. The summed E-state index contributed by atoms with van der Waals surface area (Å²) in [4.78, 5) is 16.8. The Morgan fingerprint density at radius 3 is 2.22 bits per heavy atom. The Bertz CT molecular complexity index is 1260. The van der Waals surface area contributed by atoms with Crippen molar-refractivity contribution in [3.63, 3.8) is 0 Å². The number of rotatable bonds is 5. The predicted octanol–water partition coefficient (Wildman–Crippen LogP) is 4.55. The van der Waals surface area contributed by atoms with Crippen molar-refractivity contribution < 1.29 is 36.4 Å². The lowest BCUT2D eigenvalue weighted by Crippen LogP contribution is -2.49. The highest BCUT2D eigenvalue weighted by Crippen LogP contribution is 2.57. The second-order valence-electron chi connectivity index (χ2n) is 9.48. The van der Waals surface area contributed by atoms with Crippen LogP contribution < -0.4 is 5.32 Å². The van der Waals surface area contributed by atoms with Crippen molar-refractivity contribution in [2.75, 3.05) is 6.54 Å². The third-order valence-electron chi connectivity index (χ3n) is 7.38. The van der Waals surface area contributed by atoms with Gasteiger partial charge in [0.05, 0.1) is 0 Å². The van der Waals surface area contributed by atoms with E-state index in [0.717, 1.165) is 43.5 Å². The van der Waals surface area contributed by atoms with Crippen LogP contribution in [0.3, 0.4) is 0 Å². The molecule has 2 bridgehead atoms. The fourth-order valence-corrected chi connectivity index (χ4v) is 5.07. The number of halogens is 5. The average molecular weight is 509 g/mol. The highest BCUT2D eigenvalue weighted by molar-refractivity contribution is 5.94. The van der Waals surface area contributed by atoms with E-state index in [1.165, 1.54) is 0 Å². The Balaban J connectivity index is 1.23. The van der Waals surface area contributed by atoms with E-state index in [1.807, 2.05) is 0 Å². The summed E-state index contributed by atoms with van der Waals surface area (Å²) < 4.78 is 70.6. The molecular weight excluding hydrogens is 489 g/mol. The first-order valence-corrected chi connectivity index (χ1v) is 11.2. The van der Waals surface area contributed by atoms with E-state index in [0.29, 0.717) is 31.6 Å². The molecule has 3 aromatic rings. The van der Waals surface area contributed by atoms with Crippen LogP contribution in [0.4, 0.5) is 22.0 Å². The number of hydrogen-bond donors (Lipinski definition) is 2. The van der Waals surface area contributed by atoms with E-state index in [1.54, 1.807) is 0 Å². The first kappa shape index (κ1) is 24.1. The predicted molar refractivity (Wildman–Crippen MR) is 112 cm³/mol. The molecule has 0 atom stereocenters. The fraction of sp³-hybridized carbons (Fsp3) is 0.435. The number of carbonyl (C=O) groups is 1. The second kappa shape index (κ2) is 8.49. The summed E-state index contributed by atoms with van der Waals surface area (Å²) in [7, 11) is 0. The lowest BCUT2D eigenvalue weighted by Gasteiger charge is -2.52. The van der Waals surface area contributed by atoms with Crippen LogP contribution in [0.2, 0.25) is 0 Å². The molecule has 2 N–H and O–H groups in total. The second-order valence-corrected chi connectivity index (χ2v) is 9.48. The molecule has 0 unspecified atom stereocenters. The third kappa shape index (κ3) is 4.26. The fourth-order valence-electron chi connectivity index (χ4n) is 5.07. The molecule has 3 aliphatic carbocycles. The summed E-state index contributed by atoms with van der Waals surface area (Å²) in [5.41, 5.74) is -1.82. The topological polar surface area (TPSA) is 114 Å². The van der Waals surface area contributed by atoms with Gasteiger partial charge in [-0.05, 0) is 68.2 Å². The van der Waals surface area contributed by atoms with Gasteiger partial charge in [-0.25, -0.2) is 8.78 Å². The Morgan fingerprint density at radius 1 is 1.03 bits per heavy atom. The van der Waals surface area contributed by atoms with Gasteiger partial charge in [0, 0.05) is 17.5 Å². The van der Waals surface area contributed by atoms with E-state index in [4.69, 9.17) is 4.52 Å². The Hall–Kier alpha value is -3.64.